The zero-order chi connectivity index (χ0) is 11.4. The van der Waals surface area contributed by atoms with Gasteiger partial charge in [-0.2, -0.15) is 0 Å². The lowest BCUT2D eigenvalue weighted by Gasteiger charge is -2.12. The summed E-state index contributed by atoms with van der Waals surface area (Å²) in [5.74, 6) is 0.346. The van der Waals surface area contributed by atoms with Gasteiger partial charge in [0.2, 0.25) is 5.88 Å². The highest BCUT2D eigenvalue weighted by atomic mass is 16.5. The van der Waals surface area contributed by atoms with E-state index in [0.717, 1.165) is 5.56 Å². The largest absolute Gasteiger partial charge is 0.480 e. The fourth-order valence-electron chi connectivity index (χ4n) is 1.47. The molecule has 4 nitrogen and oxygen atoms in total. The third kappa shape index (κ3) is 2.01. The number of ether oxygens (including phenoxy) is 1. The second-order valence-corrected chi connectivity index (χ2v) is 3.26. The highest BCUT2D eigenvalue weighted by Gasteiger charge is 2.17. The van der Waals surface area contributed by atoms with Crippen LogP contribution < -0.4 is 4.74 Å². The molecule has 82 valence electrons. The monoisotopic (exact) mass is 216 g/mol. The van der Waals surface area contributed by atoms with Crippen molar-refractivity contribution in [2.24, 2.45) is 0 Å². The number of hydrogen-bond acceptors (Lipinski definition) is 4. The van der Waals surface area contributed by atoms with E-state index in [9.17, 15) is 5.11 Å². The number of hydrogen-bond donors (Lipinski definition) is 1. The Hall–Kier alpha value is -1.94. The van der Waals surface area contributed by atoms with Gasteiger partial charge in [0.1, 0.15) is 11.8 Å². The summed E-state index contributed by atoms with van der Waals surface area (Å²) >= 11 is 0. The minimum Gasteiger partial charge on any atom is -0.480 e. The van der Waals surface area contributed by atoms with E-state index in [1.807, 2.05) is 30.3 Å². The molecule has 2 aromatic rings. The van der Waals surface area contributed by atoms with Gasteiger partial charge in [0.15, 0.2) is 0 Å². The van der Waals surface area contributed by atoms with E-state index < -0.39 is 6.10 Å². The molecule has 2 rings (SSSR count). The van der Waals surface area contributed by atoms with E-state index >= 15 is 0 Å². The normalized spacial score (nSPS) is 12.1. The van der Waals surface area contributed by atoms with Gasteiger partial charge in [-0.15, -0.1) is 0 Å². The summed E-state index contributed by atoms with van der Waals surface area (Å²) in [6, 6.07) is 9.28. The van der Waals surface area contributed by atoms with Crippen LogP contribution in [0.5, 0.6) is 5.88 Å². The molecule has 16 heavy (non-hydrogen) atoms. The lowest BCUT2D eigenvalue weighted by Crippen LogP contribution is -2.05. The quantitative estimate of drug-likeness (QED) is 0.846. The Labute approximate surface area is 93.6 Å². The molecule has 1 aromatic heterocycles. The predicted molar refractivity (Wildman–Crippen MR) is 59.1 cm³/mol. The van der Waals surface area contributed by atoms with Crippen LogP contribution in [0.2, 0.25) is 0 Å². The van der Waals surface area contributed by atoms with E-state index in [-0.39, 0.29) is 0 Å². The van der Waals surface area contributed by atoms with Crippen LogP contribution in [0.15, 0.2) is 42.7 Å². The summed E-state index contributed by atoms with van der Waals surface area (Å²) in [5.41, 5.74) is 1.19. The van der Waals surface area contributed by atoms with Gasteiger partial charge in [0.25, 0.3) is 0 Å². The average molecular weight is 216 g/mol. The molecule has 0 radical (unpaired) electrons. The van der Waals surface area contributed by atoms with Crippen molar-refractivity contribution in [1.29, 1.82) is 0 Å². The predicted octanol–water partition coefficient (Wildman–Crippen LogP) is 1.57. The molecule has 4 heteroatoms. The molecular formula is C12H12N2O2. The maximum Gasteiger partial charge on any atom is 0.238 e. The van der Waals surface area contributed by atoms with Crippen LogP contribution in [-0.2, 0) is 0 Å². The molecule has 0 fully saturated rings. The van der Waals surface area contributed by atoms with E-state index in [1.165, 1.54) is 19.5 Å². The molecular weight excluding hydrogens is 204 g/mol. The summed E-state index contributed by atoms with van der Waals surface area (Å²) in [5, 5.41) is 10.1. The molecule has 0 bridgehead atoms. The summed E-state index contributed by atoms with van der Waals surface area (Å²) in [6.45, 7) is 0. The fraction of sp³-hybridized carbons (Fsp3) is 0.167. The SMILES string of the molecule is COc1nccnc1C(O)c1ccccc1. The van der Waals surface area contributed by atoms with E-state index in [4.69, 9.17) is 4.74 Å². The van der Waals surface area contributed by atoms with Crippen LogP contribution in [0, 0.1) is 0 Å². The number of aliphatic hydroxyl groups excluding tert-OH is 1. The third-order valence-corrected chi connectivity index (χ3v) is 2.26. The van der Waals surface area contributed by atoms with Gasteiger partial charge in [0.05, 0.1) is 7.11 Å². The van der Waals surface area contributed by atoms with E-state index in [2.05, 4.69) is 9.97 Å². The average Bonchev–Trinajstić information content (AvgIpc) is 2.39. The third-order valence-electron chi connectivity index (χ3n) is 2.26. The number of rotatable bonds is 3. The molecule has 0 spiro atoms. The van der Waals surface area contributed by atoms with Crippen molar-refractivity contribution in [2.45, 2.75) is 6.10 Å². The molecule has 0 saturated heterocycles. The van der Waals surface area contributed by atoms with Gasteiger partial charge in [-0.3, -0.25) is 4.98 Å². The van der Waals surface area contributed by atoms with Crippen molar-refractivity contribution >= 4 is 0 Å². The van der Waals surface area contributed by atoms with Crippen molar-refractivity contribution in [3.05, 3.63) is 54.0 Å². The van der Waals surface area contributed by atoms with Crippen molar-refractivity contribution in [3.63, 3.8) is 0 Å². The Morgan fingerprint density at radius 1 is 1.12 bits per heavy atom. The minimum absolute atomic E-state index is 0.346. The highest BCUT2D eigenvalue weighted by molar-refractivity contribution is 5.30. The van der Waals surface area contributed by atoms with E-state index in [0.29, 0.717) is 11.6 Å². The van der Waals surface area contributed by atoms with Crippen LogP contribution in [0.3, 0.4) is 0 Å². The Morgan fingerprint density at radius 2 is 1.81 bits per heavy atom. The number of aliphatic hydroxyl groups is 1. The van der Waals surface area contributed by atoms with Crippen LogP contribution in [0.1, 0.15) is 17.4 Å². The molecule has 0 saturated carbocycles. The lowest BCUT2D eigenvalue weighted by atomic mass is 10.1. The first-order valence-electron chi connectivity index (χ1n) is 4.91. The minimum atomic E-state index is -0.815. The van der Waals surface area contributed by atoms with Gasteiger partial charge in [-0.05, 0) is 5.56 Å². The van der Waals surface area contributed by atoms with Crippen LogP contribution in [0.25, 0.3) is 0 Å². The van der Waals surface area contributed by atoms with Crippen molar-refractivity contribution < 1.29 is 9.84 Å². The van der Waals surface area contributed by atoms with Crippen molar-refractivity contribution in [3.8, 4) is 5.88 Å². The van der Waals surface area contributed by atoms with E-state index in [1.54, 1.807) is 0 Å². The zero-order valence-electron chi connectivity index (χ0n) is 8.87. The zero-order valence-corrected chi connectivity index (χ0v) is 8.87. The van der Waals surface area contributed by atoms with Gasteiger partial charge < -0.3 is 9.84 Å². The summed E-state index contributed by atoms with van der Waals surface area (Å²) < 4.78 is 5.05. The summed E-state index contributed by atoms with van der Waals surface area (Å²) in [6.07, 6.45) is 2.24. The van der Waals surface area contributed by atoms with Gasteiger partial charge in [-0.25, -0.2) is 4.98 Å². The van der Waals surface area contributed by atoms with Crippen LogP contribution in [0.4, 0.5) is 0 Å². The number of benzene rings is 1. The van der Waals surface area contributed by atoms with Crippen molar-refractivity contribution in [2.75, 3.05) is 7.11 Å². The number of methoxy groups -OCH3 is 1. The smallest absolute Gasteiger partial charge is 0.238 e. The maximum absolute atomic E-state index is 10.1. The first kappa shape index (κ1) is 10.6. The second-order valence-electron chi connectivity index (χ2n) is 3.26. The Kier molecular flexibility index (Phi) is 3.12. The van der Waals surface area contributed by atoms with Gasteiger partial charge in [-0.1, -0.05) is 30.3 Å². The second kappa shape index (κ2) is 4.72. The molecule has 1 heterocycles. The first-order valence-corrected chi connectivity index (χ1v) is 4.91. The Balaban J connectivity index is 2.37. The van der Waals surface area contributed by atoms with Gasteiger partial charge >= 0.3 is 0 Å². The molecule has 0 aliphatic rings. The molecule has 0 aliphatic carbocycles. The lowest BCUT2D eigenvalue weighted by molar-refractivity contribution is 0.207. The van der Waals surface area contributed by atoms with Crippen molar-refractivity contribution in [1.82, 2.24) is 9.97 Å². The Morgan fingerprint density at radius 3 is 2.50 bits per heavy atom. The molecule has 1 aromatic carbocycles. The first-order chi connectivity index (χ1) is 7.83. The van der Waals surface area contributed by atoms with Crippen LogP contribution in [-0.4, -0.2) is 22.2 Å². The topological polar surface area (TPSA) is 55.2 Å². The van der Waals surface area contributed by atoms with Crippen LogP contribution >= 0.6 is 0 Å². The molecule has 0 aliphatic heterocycles. The fourth-order valence-corrected chi connectivity index (χ4v) is 1.47. The molecule has 1 unspecified atom stereocenters. The standard InChI is InChI=1S/C12H12N2O2/c1-16-12-10(13-7-8-14-12)11(15)9-5-3-2-4-6-9/h2-8,11,15H,1H3. The number of nitrogens with zero attached hydrogens (tertiary/aromatic N) is 2. The van der Waals surface area contributed by atoms with Gasteiger partial charge in [0, 0.05) is 12.4 Å². The Bertz CT molecular complexity index is 460. The summed E-state index contributed by atoms with van der Waals surface area (Å²) in [4.78, 5) is 8.09. The molecule has 1 N–H and O–H groups in total. The number of aromatic nitrogens is 2. The molecule has 0 amide bonds. The highest BCUT2D eigenvalue weighted by Crippen LogP contribution is 2.25. The molecule has 1 atom stereocenters. The maximum atomic E-state index is 10.1. The summed E-state index contributed by atoms with van der Waals surface area (Å²) in [7, 11) is 1.51.